The largest absolute Gasteiger partial charge is 1.00 e. The van der Waals surface area contributed by atoms with Crippen LogP contribution in [-0.4, -0.2) is 15.9 Å². The first kappa shape index (κ1) is 12.8. The van der Waals surface area contributed by atoms with Crippen molar-refractivity contribution in [1.82, 2.24) is 0 Å². The van der Waals surface area contributed by atoms with Crippen molar-refractivity contribution in [3.63, 3.8) is 0 Å². The van der Waals surface area contributed by atoms with Crippen LogP contribution in [0.15, 0.2) is 29.2 Å². The maximum absolute atomic E-state index is 10.6. The van der Waals surface area contributed by atoms with Gasteiger partial charge in [-0.05, 0) is 12.1 Å². The molecule has 0 aliphatic carbocycles. The molecule has 0 amide bonds. The van der Waals surface area contributed by atoms with Gasteiger partial charge in [-0.15, -0.1) is 0 Å². The Kier molecular flexibility index (Phi) is 6.65. The summed E-state index contributed by atoms with van der Waals surface area (Å²) >= 11 is -1.97. The van der Waals surface area contributed by atoms with Gasteiger partial charge in [0.2, 0.25) is 0 Å². The molecule has 1 N–H and O–H groups in total. The summed E-state index contributed by atoms with van der Waals surface area (Å²) in [6.07, 6.45) is 0. The van der Waals surface area contributed by atoms with E-state index in [1.165, 1.54) is 7.11 Å². The average Bonchev–Trinajstić information content (AvgIpc) is 2.04. The van der Waals surface area contributed by atoms with E-state index in [1.54, 1.807) is 24.3 Å². The maximum Gasteiger partial charge on any atom is 1.00 e. The van der Waals surface area contributed by atoms with Crippen molar-refractivity contribution in [2.45, 2.75) is 4.90 Å². The van der Waals surface area contributed by atoms with E-state index in [0.717, 1.165) is 0 Å². The Balaban J connectivity index is 0. The topological polar surface area (TPSA) is 46.5 Å². The van der Waals surface area contributed by atoms with Gasteiger partial charge >= 0.3 is 51.4 Å². The fourth-order valence-electron chi connectivity index (χ4n) is 0.763. The number of ether oxygens (including phenoxy) is 1. The van der Waals surface area contributed by atoms with Crippen LogP contribution in [0, 0.1) is 0 Å². The summed E-state index contributed by atoms with van der Waals surface area (Å²) < 4.78 is 24.2. The van der Waals surface area contributed by atoms with E-state index in [0.29, 0.717) is 10.6 Å². The zero-order valence-electron chi connectivity index (χ0n) is 7.98. The maximum atomic E-state index is 10.6. The third kappa shape index (κ3) is 3.25. The van der Waals surface area contributed by atoms with Gasteiger partial charge in [-0.2, -0.15) is 0 Å². The van der Waals surface area contributed by atoms with Crippen molar-refractivity contribution in [3.8, 4) is 5.75 Å². The number of hydrogen-bond donors (Lipinski definition) is 1. The van der Waals surface area contributed by atoms with E-state index in [9.17, 15) is 4.21 Å². The molecule has 0 aromatic heterocycles. The van der Waals surface area contributed by atoms with Crippen molar-refractivity contribution in [1.29, 1.82) is 0 Å². The predicted octanol–water partition coefficient (Wildman–Crippen LogP) is -1.61. The third-order valence-electron chi connectivity index (χ3n) is 1.26. The van der Waals surface area contributed by atoms with Gasteiger partial charge in [0.05, 0.1) is 7.11 Å². The smallest absolute Gasteiger partial charge is 1.00 e. The summed E-state index contributed by atoms with van der Waals surface area (Å²) in [5.74, 6) is 0.438. The summed E-state index contributed by atoms with van der Waals surface area (Å²) in [7, 11) is 1.46. The van der Waals surface area contributed by atoms with Crippen LogP contribution >= 0.6 is 0 Å². The Labute approximate surface area is 118 Å². The minimum absolute atomic E-state index is 0. The molecule has 0 aliphatic rings. The average molecular weight is 212 g/mol. The van der Waals surface area contributed by atoms with Gasteiger partial charge in [-0.3, -0.25) is 0 Å². The number of para-hydroxylation sites is 1. The molecule has 3 nitrogen and oxygen atoms in total. The van der Waals surface area contributed by atoms with Crippen molar-refractivity contribution >= 4 is 11.1 Å². The molecule has 1 aromatic carbocycles. The molecule has 0 fully saturated rings. The third-order valence-corrected chi connectivity index (χ3v) is 1.97. The van der Waals surface area contributed by atoms with E-state index in [-0.39, 0.29) is 52.8 Å². The van der Waals surface area contributed by atoms with E-state index in [4.69, 9.17) is 9.29 Å². The van der Waals surface area contributed by atoms with Crippen LogP contribution in [0.5, 0.6) is 5.75 Å². The van der Waals surface area contributed by atoms with Crippen molar-refractivity contribution in [2.75, 3.05) is 7.11 Å². The van der Waals surface area contributed by atoms with Crippen LogP contribution in [0.4, 0.5) is 0 Å². The predicted molar refractivity (Wildman–Crippen MR) is 43.1 cm³/mol. The standard InChI is InChI=1S/C7H8O3S.K.H/c1-10-6-4-2-3-5-7(6)11(8)9;;/h2-5H,1H3,(H,8,9);;/q;+1;-1. The molecule has 12 heavy (non-hydrogen) atoms. The van der Waals surface area contributed by atoms with Gasteiger partial charge in [-0.1, -0.05) is 12.1 Å². The Morgan fingerprint density at radius 1 is 1.50 bits per heavy atom. The molecule has 0 saturated heterocycles. The van der Waals surface area contributed by atoms with Gasteiger partial charge in [0.15, 0.2) is 11.1 Å². The number of methoxy groups -OCH3 is 1. The van der Waals surface area contributed by atoms with Gasteiger partial charge < -0.3 is 10.7 Å². The summed E-state index contributed by atoms with van der Waals surface area (Å²) in [6, 6.07) is 6.62. The van der Waals surface area contributed by atoms with Gasteiger partial charge in [0.25, 0.3) is 0 Å². The normalized spacial score (nSPS) is 11.5. The van der Waals surface area contributed by atoms with Crippen LogP contribution in [-0.2, 0) is 11.1 Å². The molecule has 1 rings (SSSR count). The summed E-state index contributed by atoms with van der Waals surface area (Å²) in [5.41, 5.74) is 0. The van der Waals surface area contributed by atoms with E-state index in [2.05, 4.69) is 0 Å². The van der Waals surface area contributed by atoms with Crippen molar-refractivity contribution in [3.05, 3.63) is 24.3 Å². The van der Waals surface area contributed by atoms with E-state index in [1.807, 2.05) is 0 Å². The van der Waals surface area contributed by atoms with Crippen molar-refractivity contribution in [2.24, 2.45) is 0 Å². The number of hydrogen-bond acceptors (Lipinski definition) is 2. The second-order valence-corrected chi connectivity index (χ2v) is 2.84. The van der Waals surface area contributed by atoms with Crippen LogP contribution in [0.25, 0.3) is 0 Å². The van der Waals surface area contributed by atoms with Gasteiger partial charge in [-0.25, -0.2) is 4.21 Å². The minimum atomic E-state index is -1.97. The number of rotatable bonds is 2. The van der Waals surface area contributed by atoms with E-state index < -0.39 is 11.1 Å². The molecular weight excluding hydrogens is 203 g/mol. The molecule has 62 valence electrons. The molecule has 0 spiro atoms. The first-order chi connectivity index (χ1) is 5.25. The van der Waals surface area contributed by atoms with Crippen LogP contribution in [0.1, 0.15) is 1.43 Å². The Morgan fingerprint density at radius 3 is 2.50 bits per heavy atom. The first-order valence-electron chi connectivity index (χ1n) is 2.99. The number of benzene rings is 1. The zero-order valence-corrected chi connectivity index (χ0v) is 10.9. The Morgan fingerprint density at radius 2 is 2.08 bits per heavy atom. The Bertz CT molecular complexity index is 282. The van der Waals surface area contributed by atoms with Crippen LogP contribution < -0.4 is 56.1 Å². The first-order valence-corrected chi connectivity index (χ1v) is 4.10. The molecule has 1 unspecified atom stereocenters. The second kappa shape index (κ2) is 6.26. The second-order valence-electron chi connectivity index (χ2n) is 1.90. The minimum Gasteiger partial charge on any atom is -1.00 e. The van der Waals surface area contributed by atoms with E-state index >= 15 is 0 Å². The fourth-order valence-corrected chi connectivity index (χ4v) is 1.28. The van der Waals surface area contributed by atoms with Gasteiger partial charge in [0.1, 0.15) is 10.6 Å². The molecule has 0 saturated carbocycles. The van der Waals surface area contributed by atoms with Crippen LogP contribution in [0.2, 0.25) is 0 Å². The molecule has 0 aliphatic heterocycles. The van der Waals surface area contributed by atoms with Gasteiger partial charge in [0, 0.05) is 0 Å². The molecule has 1 aromatic rings. The molecule has 0 bridgehead atoms. The van der Waals surface area contributed by atoms with Crippen molar-refractivity contribution < 1.29 is 66.3 Å². The molecular formula is C7H9KO3S. The molecule has 0 radical (unpaired) electrons. The molecule has 5 heteroatoms. The summed E-state index contributed by atoms with van der Waals surface area (Å²) in [4.78, 5) is 0.301. The Hall–Kier alpha value is 0.766. The SMILES string of the molecule is COc1ccccc1S(=O)O.[H-].[K+]. The quantitative estimate of drug-likeness (QED) is 0.474. The summed E-state index contributed by atoms with van der Waals surface area (Å²) in [6.45, 7) is 0. The molecule has 1 atom stereocenters. The van der Waals surface area contributed by atoms with Crippen LogP contribution in [0.3, 0.4) is 0 Å². The fraction of sp³-hybridized carbons (Fsp3) is 0.143. The summed E-state index contributed by atoms with van der Waals surface area (Å²) in [5, 5.41) is 0. The monoisotopic (exact) mass is 212 g/mol. The molecule has 0 heterocycles. The zero-order chi connectivity index (χ0) is 8.27.